The van der Waals surface area contributed by atoms with E-state index in [1.54, 1.807) is 54.2 Å². The molecular formula is C28H32N6O7. The van der Waals surface area contributed by atoms with Crippen LogP contribution in [0.4, 0.5) is 17.1 Å². The molecule has 0 aliphatic carbocycles. The van der Waals surface area contributed by atoms with Crippen LogP contribution in [-0.2, 0) is 34.7 Å². The smallest absolute Gasteiger partial charge is 0.269 e. The number of nitro benzene ring substituents is 1. The fraction of sp³-hybridized carbons (Fsp3) is 0.357. The second kappa shape index (κ2) is 12.4. The molecule has 13 heteroatoms. The lowest BCUT2D eigenvalue weighted by molar-refractivity contribution is -0.385. The van der Waals surface area contributed by atoms with Gasteiger partial charge in [-0.2, -0.15) is 0 Å². The Morgan fingerprint density at radius 3 is 2.73 bits per heavy atom. The highest BCUT2D eigenvalue weighted by Crippen LogP contribution is 2.47. The van der Waals surface area contributed by atoms with Gasteiger partial charge in [0.15, 0.2) is 5.60 Å². The number of amides is 2. The molecule has 1 aliphatic heterocycles. The maximum Gasteiger partial charge on any atom is 0.269 e. The van der Waals surface area contributed by atoms with Gasteiger partial charge >= 0.3 is 0 Å². The molecule has 0 unspecified atom stereocenters. The predicted molar refractivity (Wildman–Crippen MR) is 149 cm³/mol. The van der Waals surface area contributed by atoms with Crippen molar-refractivity contribution in [2.75, 3.05) is 16.8 Å². The number of nitrogens with zero attached hydrogens (tertiary/aromatic N) is 5. The number of fused-ring (bicyclic) bond motifs is 1. The molecule has 0 saturated heterocycles. The predicted octanol–water partition coefficient (Wildman–Crippen LogP) is 2.06. The van der Waals surface area contributed by atoms with Crippen molar-refractivity contribution in [3.63, 3.8) is 0 Å². The van der Waals surface area contributed by atoms with Gasteiger partial charge in [-0.15, -0.1) is 5.10 Å². The van der Waals surface area contributed by atoms with E-state index < -0.39 is 34.4 Å². The van der Waals surface area contributed by atoms with Crippen LogP contribution in [0.1, 0.15) is 37.1 Å². The van der Waals surface area contributed by atoms with Crippen molar-refractivity contribution in [1.29, 1.82) is 0 Å². The number of benzene rings is 2. The molecule has 0 radical (unpaired) electrons. The minimum atomic E-state index is -2.06. The van der Waals surface area contributed by atoms with E-state index in [1.807, 2.05) is 0 Å². The average molecular weight is 565 g/mol. The summed E-state index contributed by atoms with van der Waals surface area (Å²) in [6.07, 6.45) is 4.96. The van der Waals surface area contributed by atoms with Crippen LogP contribution in [0.2, 0.25) is 0 Å². The third-order valence-electron chi connectivity index (χ3n) is 6.94. The Morgan fingerprint density at radius 2 is 2.02 bits per heavy atom. The quantitative estimate of drug-likeness (QED) is 0.145. The summed E-state index contributed by atoms with van der Waals surface area (Å²) in [5.74, 6) is -1.95. The van der Waals surface area contributed by atoms with Crippen LogP contribution >= 0.6 is 0 Å². The monoisotopic (exact) mass is 564 g/mol. The van der Waals surface area contributed by atoms with Crippen LogP contribution in [0, 0.1) is 16.0 Å². The third kappa shape index (κ3) is 6.32. The number of nitro groups is 1. The second-order valence-electron chi connectivity index (χ2n) is 9.93. The van der Waals surface area contributed by atoms with Gasteiger partial charge in [-0.3, -0.25) is 24.4 Å². The van der Waals surface area contributed by atoms with Crippen molar-refractivity contribution in [3.8, 4) is 0 Å². The highest BCUT2D eigenvalue weighted by Gasteiger charge is 2.53. The highest BCUT2D eigenvalue weighted by molar-refractivity contribution is 6.07. The lowest BCUT2D eigenvalue weighted by atomic mass is 9.82. The summed E-state index contributed by atoms with van der Waals surface area (Å²) in [5, 5.41) is 52.5. The van der Waals surface area contributed by atoms with Gasteiger partial charge in [0.2, 0.25) is 0 Å². The molecule has 1 aliphatic rings. The lowest BCUT2D eigenvalue weighted by Crippen LogP contribution is -2.44. The normalized spacial score (nSPS) is 18.0. The summed E-state index contributed by atoms with van der Waals surface area (Å²) < 4.78 is 1.63. The highest BCUT2D eigenvalue weighted by atomic mass is 16.6. The van der Waals surface area contributed by atoms with Crippen molar-refractivity contribution < 1.29 is 29.8 Å². The Hall–Kier alpha value is -4.46. The van der Waals surface area contributed by atoms with Gasteiger partial charge in [0.25, 0.3) is 17.5 Å². The van der Waals surface area contributed by atoms with Gasteiger partial charge in [0, 0.05) is 55.1 Å². The first kappa shape index (κ1) is 29.5. The Bertz CT molecular complexity index is 1470. The van der Waals surface area contributed by atoms with Gasteiger partial charge in [0.1, 0.15) is 6.10 Å². The number of allylic oxidation sites excluding steroid dienone is 1. The van der Waals surface area contributed by atoms with Crippen LogP contribution < -0.4 is 10.2 Å². The van der Waals surface area contributed by atoms with Crippen LogP contribution in [0.5, 0.6) is 0 Å². The summed E-state index contributed by atoms with van der Waals surface area (Å²) in [7, 11) is 0. The minimum absolute atomic E-state index is 0.0234. The molecule has 41 heavy (non-hydrogen) atoms. The Kier molecular flexibility index (Phi) is 8.91. The topological polar surface area (TPSA) is 184 Å². The maximum absolute atomic E-state index is 13.8. The first-order valence-electron chi connectivity index (χ1n) is 13.1. The molecule has 2 heterocycles. The van der Waals surface area contributed by atoms with Crippen molar-refractivity contribution >= 4 is 28.9 Å². The van der Waals surface area contributed by atoms with Crippen LogP contribution in [-0.4, -0.2) is 59.8 Å². The van der Waals surface area contributed by atoms with E-state index in [2.05, 4.69) is 15.6 Å². The van der Waals surface area contributed by atoms with E-state index in [4.69, 9.17) is 5.11 Å². The Morgan fingerprint density at radius 1 is 1.24 bits per heavy atom. The zero-order valence-electron chi connectivity index (χ0n) is 22.7. The van der Waals surface area contributed by atoms with E-state index in [0.717, 1.165) is 0 Å². The van der Waals surface area contributed by atoms with Crippen LogP contribution in [0.3, 0.4) is 0 Å². The van der Waals surface area contributed by atoms with E-state index in [0.29, 0.717) is 42.0 Å². The molecule has 3 atom stereocenters. The largest absolute Gasteiger partial charge is 0.396 e. The second-order valence-corrected chi connectivity index (χ2v) is 9.93. The molecule has 0 bridgehead atoms. The standard InChI is InChI=1S/C28H32N6O7/c1-18(6-3-4-12-32-17-22(11-13-35)30-31-32)28(39)24-15-23(34(40)41)9-10-25(24)33(27(28)38)16-20-7-5-8-21(14-20)29-26(37)19(2)36/h3,5-10,14-15,17-19,35-36,39H,4,11-13,16H2,1-2H3,(H,29,37)/b6-3+/t18-,19+,28+/m1/s1. The first-order chi connectivity index (χ1) is 19.5. The number of aromatic nitrogens is 3. The number of aliphatic hydroxyl groups is 3. The number of hydrogen-bond acceptors (Lipinski definition) is 9. The van der Waals surface area contributed by atoms with Crippen molar-refractivity contribution in [2.24, 2.45) is 5.92 Å². The van der Waals surface area contributed by atoms with Gasteiger partial charge in [-0.1, -0.05) is 36.4 Å². The lowest BCUT2D eigenvalue weighted by Gasteiger charge is -2.27. The summed E-state index contributed by atoms with van der Waals surface area (Å²) in [6.45, 7) is 3.51. The van der Waals surface area contributed by atoms with Crippen molar-refractivity contribution in [1.82, 2.24) is 15.0 Å². The van der Waals surface area contributed by atoms with Crippen LogP contribution in [0.25, 0.3) is 0 Å². The van der Waals surface area contributed by atoms with E-state index >= 15 is 0 Å². The molecule has 1 aromatic heterocycles. The fourth-order valence-corrected chi connectivity index (χ4v) is 4.71. The number of aryl methyl sites for hydroxylation is 1. The molecule has 0 fully saturated rings. The number of rotatable bonds is 12. The number of hydrogen-bond donors (Lipinski definition) is 4. The molecule has 216 valence electrons. The molecule has 4 rings (SSSR count). The number of carbonyl (C=O) groups excluding carboxylic acids is 2. The van der Waals surface area contributed by atoms with Gasteiger partial charge in [-0.25, -0.2) is 0 Å². The van der Waals surface area contributed by atoms with E-state index in [-0.39, 0.29) is 24.4 Å². The van der Waals surface area contributed by atoms with E-state index in [9.17, 15) is 29.9 Å². The minimum Gasteiger partial charge on any atom is -0.396 e. The molecule has 2 aromatic carbocycles. The molecule has 4 N–H and O–H groups in total. The molecule has 0 saturated carbocycles. The fourth-order valence-electron chi connectivity index (χ4n) is 4.71. The zero-order chi connectivity index (χ0) is 29.7. The van der Waals surface area contributed by atoms with Gasteiger partial charge in [-0.05, 0) is 37.1 Å². The molecule has 0 spiro atoms. The Balaban J connectivity index is 1.57. The number of nitrogens with one attached hydrogen (secondary N) is 1. The first-order valence-corrected chi connectivity index (χ1v) is 13.1. The summed E-state index contributed by atoms with van der Waals surface area (Å²) in [4.78, 5) is 38.0. The number of non-ortho nitro benzene ring substituents is 1. The van der Waals surface area contributed by atoms with Crippen LogP contribution in [0.15, 0.2) is 60.8 Å². The van der Waals surface area contributed by atoms with Gasteiger partial charge in [0.05, 0.1) is 22.8 Å². The number of anilines is 2. The molecule has 2 amide bonds. The van der Waals surface area contributed by atoms with Crippen molar-refractivity contribution in [2.45, 2.75) is 51.5 Å². The summed E-state index contributed by atoms with van der Waals surface area (Å²) in [5.41, 5.74) is -0.0978. The molecular weight excluding hydrogens is 532 g/mol. The maximum atomic E-state index is 13.8. The molecule has 13 nitrogen and oxygen atoms in total. The van der Waals surface area contributed by atoms with Gasteiger partial charge < -0.3 is 25.5 Å². The van der Waals surface area contributed by atoms with Crippen molar-refractivity contribution in [3.05, 3.63) is 87.7 Å². The number of aliphatic hydroxyl groups excluding tert-OH is 2. The summed E-state index contributed by atoms with van der Waals surface area (Å²) in [6, 6.07) is 10.7. The number of carbonyl (C=O) groups is 2. The van der Waals surface area contributed by atoms with E-state index in [1.165, 1.54) is 30.0 Å². The summed E-state index contributed by atoms with van der Waals surface area (Å²) >= 11 is 0. The Labute approximate surface area is 235 Å². The third-order valence-corrected chi connectivity index (χ3v) is 6.94. The SMILES string of the molecule is C[C@H](O)C(=O)Nc1cccc(CN2C(=O)[C@](O)([C@H](C)/C=C/CCn3cc(CCO)nn3)c3cc([N+](=O)[O-])ccc32)c1. The zero-order valence-corrected chi connectivity index (χ0v) is 22.7. The molecule has 3 aromatic rings. The average Bonchev–Trinajstić information content (AvgIpc) is 3.48.